The van der Waals surface area contributed by atoms with Crippen LogP contribution in [0, 0.1) is 6.92 Å². The van der Waals surface area contributed by atoms with E-state index in [1.807, 2.05) is 32.2 Å². The highest BCUT2D eigenvalue weighted by Crippen LogP contribution is 2.17. The molecule has 5 heteroatoms. The predicted octanol–water partition coefficient (Wildman–Crippen LogP) is 0.888. The summed E-state index contributed by atoms with van der Waals surface area (Å²) in [5, 5.41) is 8.92. The van der Waals surface area contributed by atoms with E-state index < -0.39 is 0 Å². The van der Waals surface area contributed by atoms with Gasteiger partial charge in [-0.15, -0.1) is 0 Å². The third-order valence-electron chi connectivity index (χ3n) is 2.79. The van der Waals surface area contributed by atoms with E-state index in [1.165, 1.54) is 0 Å². The molecule has 1 atom stereocenters. The van der Waals surface area contributed by atoms with E-state index in [-0.39, 0.29) is 12.6 Å². The molecule has 0 fully saturated rings. The first-order valence-corrected chi connectivity index (χ1v) is 5.99. The molecule has 0 spiro atoms. The molecule has 18 heavy (non-hydrogen) atoms. The van der Waals surface area contributed by atoms with Gasteiger partial charge in [0.2, 0.25) is 0 Å². The molecule has 0 aliphatic rings. The van der Waals surface area contributed by atoms with Crippen molar-refractivity contribution in [3.63, 3.8) is 0 Å². The summed E-state index contributed by atoms with van der Waals surface area (Å²) in [5.74, 6) is 0.679. The van der Waals surface area contributed by atoms with Crippen molar-refractivity contribution in [2.45, 2.75) is 19.5 Å². The molecule has 2 rings (SSSR count). The number of hydrogen-bond acceptors (Lipinski definition) is 5. The third-order valence-corrected chi connectivity index (χ3v) is 2.79. The largest absolute Gasteiger partial charge is 0.441 e. The maximum Gasteiger partial charge on any atom is 0.192 e. The average molecular weight is 249 g/mol. The molecule has 3 N–H and O–H groups in total. The summed E-state index contributed by atoms with van der Waals surface area (Å²) in [6.45, 7) is 3.28. The molecular formula is C13H19N3O2. The molecule has 5 nitrogen and oxygen atoms in total. The van der Waals surface area contributed by atoms with Crippen molar-refractivity contribution in [2.24, 2.45) is 5.73 Å². The SMILES string of the molecule is Cc1nc2cc(CN(C)CC(N)CO)ccc2o1. The van der Waals surface area contributed by atoms with E-state index in [9.17, 15) is 0 Å². The number of fused-ring (bicyclic) bond motifs is 1. The van der Waals surface area contributed by atoms with Gasteiger partial charge in [-0.1, -0.05) is 6.07 Å². The minimum Gasteiger partial charge on any atom is -0.441 e. The van der Waals surface area contributed by atoms with E-state index in [4.69, 9.17) is 15.3 Å². The molecule has 0 bridgehead atoms. The Hall–Kier alpha value is -1.43. The first-order chi connectivity index (χ1) is 8.58. The molecule has 0 amide bonds. The lowest BCUT2D eigenvalue weighted by Gasteiger charge is -2.19. The minimum absolute atomic E-state index is 0.00581. The summed E-state index contributed by atoms with van der Waals surface area (Å²) >= 11 is 0. The molecule has 0 aliphatic heterocycles. The van der Waals surface area contributed by atoms with Crippen LogP contribution in [0.3, 0.4) is 0 Å². The number of nitrogens with zero attached hydrogens (tertiary/aromatic N) is 2. The van der Waals surface area contributed by atoms with Crippen LogP contribution in [-0.4, -0.2) is 41.2 Å². The fraction of sp³-hybridized carbons (Fsp3) is 0.462. The van der Waals surface area contributed by atoms with Gasteiger partial charge < -0.3 is 20.2 Å². The first kappa shape index (κ1) is 13.0. The van der Waals surface area contributed by atoms with Gasteiger partial charge in [-0.25, -0.2) is 4.98 Å². The van der Waals surface area contributed by atoms with Crippen molar-refractivity contribution in [3.8, 4) is 0 Å². The average Bonchev–Trinajstić information content (AvgIpc) is 2.68. The monoisotopic (exact) mass is 249 g/mol. The van der Waals surface area contributed by atoms with Crippen molar-refractivity contribution in [1.29, 1.82) is 0 Å². The highest BCUT2D eigenvalue weighted by Gasteiger charge is 2.08. The van der Waals surface area contributed by atoms with E-state index in [1.54, 1.807) is 0 Å². The number of nitrogens with two attached hydrogens (primary N) is 1. The maximum atomic E-state index is 8.92. The Bertz CT molecular complexity index is 524. The lowest BCUT2D eigenvalue weighted by molar-refractivity contribution is 0.218. The van der Waals surface area contributed by atoms with Gasteiger partial charge in [0.25, 0.3) is 0 Å². The van der Waals surface area contributed by atoms with Crippen LogP contribution >= 0.6 is 0 Å². The number of likely N-dealkylation sites (N-methyl/N-ethyl adjacent to an activating group) is 1. The van der Waals surface area contributed by atoms with Gasteiger partial charge in [-0.2, -0.15) is 0 Å². The lowest BCUT2D eigenvalue weighted by atomic mass is 10.2. The Morgan fingerprint density at radius 1 is 1.50 bits per heavy atom. The predicted molar refractivity (Wildman–Crippen MR) is 70.1 cm³/mol. The van der Waals surface area contributed by atoms with E-state index in [0.717, 1.165) is 23.2 Å². The topological polar surface area (TPSA) is 75.5 Å². The molecule has 1 aromatic carbocycles. The molecule has 0 radical (unpaired) electrons. The molecule has 1 aromatic heterocycles. The van der Waals surface area contributed by atoms with Crippen molar-refractivity contribution >= 4 is 11.1 Å². The van der Waals surface area contributed by atoms with Gasteiger partial charge in [0.1, 0.15) is 5.52 Å². The van der Waals surface area contributed by atoms with Crippen LogP contribution in [0.15, 0.2) is 22.6 Å². The summed E-state index contributed by atoms with van der Waals surface area (Å²) in [6.07, 6.45) is 0. The van der Waals surface area contributed by atoms with E-state index in [0.29, 0.717) is 12.4 Å². The molecule has 1 unspecified atom stereocenters. The Labute approximate surface area is 106 Å². The first-order valence-electron chi connectivity index (χ1n) is 5.99. The van der Waals surface area contributed by atoms with Crippen LogP contribution in [0.2, 0.25) is 0 Å². The van der Waals surface area contributed by atoms with Crippen molar-refractivity contribution < 1.29 is 9.52 Å². The van der Waals surface area contributed by atoms with Crippen LogP contribution in [-0.2, 0) is 6.54 Å². The normalized spacial score (nSPS) is 13.4. The zero-order chi connectivity index (χ0) is 13.1. The van der Waals surface area contributed by atoms with Crippen molar-refractivity contribution in [2.75, 3.05) is 20.2 Å². The zero-order valence-corrected chi connectivity index (χ0v) is 10.8. The molecule has 0 saturated carbocycles. The number of aliphatic hydroxyl groups excluding tert-OH is 1. The number of hydrogen-bond donors (Lipinski definition) is 2. The summed E-state index contributed by atoms with van der Waals surface area (Å²) in [6, 6.07) is 5.78. The van der Waals surface area contributed by atoms with Gasteiger partial charge in [-0.3, -0.25) is 0 Å². The number of aliphatic hydroxyl groups is 1. The summed E-state index contributed by atoms with van der Waals surface area (Å²) in [7, 11) is 1.98. The Kier molecular flexibility index (Phi) is 3.96. The second-order valence-electron chi connectivity index (χ2n) is 4.67. The van der Waals surface area contributed by atoms with Crippen molar-refractivity contribution in [1.82, 2.24) is 9.88 Å². The number of aromatic nitrogens is 1. The molecular weight excluding hydrogens is 230 g/mol. The van der Waals surface area contributed by atoms with Gasteiger partial charge in [0.05, 0.1) is 6.61 Å². The lowest BCUT2D eigenvalue weighted by Crippen LogP contribution is -2.37. The number of rotatable bonds is 5. The van der Waals surface area contributed by atoms with E-state index >= 15 is 0 Å². The van der Waals surface area contributed by atoms with Crippen LogP contribution in [0.1, 0.15) is 11.5 Å². The highest BCUT2D eigenvalue weighted by atomic mass is 16.3. The van der Waals surface area contributed by atoms with Crippen LogP contribution in [0.5, 0.6) is 0 Å². The fourth-order valence-corrected chi connectivity index (χ4v) is 2.02. The fourth-order valence-electron chi connectivity index (χ4n) is 2.02. The van der Waals surface area contributed by atoms with Crippen molar-refractivity contribution in [3.05, 3.63) is 29.7 Å². The maximum absolute atomic E-state index is 8.92. The summed E-state index contributed by atoms with van der Waals surface area (Å²) in [4.78, 5) is 6.39. The Balaban J connectivity index is 2.07. The minimum atomic E-state index is -0.201. The number of oxazole rings is 1. The summed E-state index contributed by atoms with van der Waals surface area (Å²) in [5.41, 5.74) is 8.55. The number of benzene rings is 1. The second kappa shape index (κ2) is 5.48. The van der Waals surface area contributed by atoms with Crippen LogP contribution in [0.25, 0.3) is 11.1 Å². The smallest absolute Gasteiger partial charge is 0.192 e. The molecule has 0 aliphatic carbocycles. The van der Waals surface area contributed by atoms with Gasteiger partial charge in [0, 0.05) is 26.1 Å². The molecule has 98 valence electrons. The molecule has 2 aromatic rings. The van der Waals surface area contributed by atoms with Gasteiger partial charge in [-0.05, 0) is 24.7 Å². The third kappa shape index (κ3) is 3.07. The van der Waals surface area contributed by atoms with Gasteiger partial charge >= 0.3 is 0 Å². The Morgan fingerprint density at radius 3 is 3.00 bits per heavy atom. The zero-order valence-electron chi connectivity index (χ0n) is 10.8. The van der Waals surface area contributed by atoms with E-state index in [2.05, 4.69) is 9.88 Å². The van der Waals surface area contributed by atoms with Crippen LogP contribution in [0.4, 0.5) is 0 Å². The highest BCUT2D eigenvalue weighted by molar-refractivity contribution is 5.73. The second-order valence-corrected chi connectivity index (χ2v) is 4.67. The number of aryl methyl sites for hydroxylation is 1. The van der Waals surface area contributed by atoms with Crippen LogP contribution < -0.4 is 5.73 Å². The van der Waals surface area contributed by atoms with Gasteiger partial charge in [0.15, 0.2) is 11.5 Å². The quantitative estimate of drug-likeness (QED) is 0.823. The molecule has 0 saturated heterocycles. The summed E-state index contributed by atoms with van der Waals surface area (Å²) < 4.78 is 5.43. The Morgan fingerprint density at radius 2 is 2.28 bits per heavy atom. The standard InChI is InChI=1S/C13H19N3O2/c1-9-15-12-5-10(3-4-13(12)18-9)6-16(2)7-11(14)8-17/h3-5,11,17H,6-8,14H2,1-2H3. The molecule has 1 heterocycles.